The van der Waals surface area contributed by atoms with Crippen molar-refractivity contribution in [3.63, 3.8) is 0 Å². The molecule has 41 heavy (non-hydrogen) atoms. The Morgan fingerprint density at radius 1 is 0.439 bits per heavy atom. The van der Waals surface area contributed by atoms with Crippen molar-refractivity contribution in [3.8, 4) is 0 Å². The van der Waals surface area contributed by atoms with Crippen molar-refractivity contribution in [1.29, 1.82) is 0 Å². The van der Waals surface area contributed by atoms with Gasteiger partial charge in [-0.25, -0.2) is 0 Å². The Labute approximate surface area is 274 Å². The Bertz CT molecular complexity index is 513. The fourth-order valence-corrected chi connectivity index (χ4v) is 4.48. The molecule has 0 saturated carbocycles. The molecule has 0 aromatic heterocycles. The molecule has 0 fully saturated rings. The van der Waals surface area contributed by atoms with Gasteiger partial charge in [0.2, 0.25) is 0 Å². The Morgan fingerprint density at radius 2 is 0.732 bits per heavy atom. The van der Waals surface area contributed by atoms with Crippen LogP contribution in [0.1, 0.15) is 197 Å². The second-order valence-corrected chi connectivity index (χ2v) is 14.2. The summed E-state index contributed by atoms with van der Waals surface area (Å²) in [6.07, 6.45) is 25.2. The van der Waals surface area contributed by atoms with E-state index in [0.29, 0.717) is 36.9 Å². The van der Waals surface area contributed by atoms with E-state index < -0.39 is 0 Å². The average molecular weight is 688 g/mol. The van der Waals surface area contributed by atoms with Crippen molar-refractivity contribution >= 4 is 35.8 Å². The van der Waals surface area contributed by atoms with Crippen molar-refractivity contribution in [2.24, 2.45) is 10.8 Å². The molecule has 0 amide bonds. The smallest absolute Gasteiger partial charge is 0.305 e. The van der Waals surface area contributed by atoms with E-state index in [0.717, 1.165) is 38.5 Å². The fourth-order valence-electron chi connectivity index (χ4n) is 4.48. The molecular weight excluding hydrogens is 615 g/mol. The van der Waals surface area contributed by atoms with E-state index >= 15 is 0 Å². The molecular formula is C36H72O4Sn. The molecule has 0 heterocycles. The third kappa shape index (κ3) is 44.3. The van der Waals surface area contributed by atoms with Gasteiger partial charge in [-0.15, -0.1) is 0 Å². The Morgan fingerprint density at radius 3 is 1.05 bits per heavy atom. The largest absolute Gasteiger partial charge is 0.466 e. The van der Waals surface area contributed by atoms with Crippen LogP contribution in [0.15, 0.2) is 0 Å². The molecule has 0 aromatic carbocycles. The maximum Gasteiger partial charge on any atom is 0.305 e. The van der Waals surface area contributed by atoms with E-state index in [1.807, 2.05) is 0 Å². The van der Waals surface area contributed by atoms with E-state index in [4.69, 9.17) is 9.47 Å². The summed E-state index contributed by atoms with van der Waals surface area (Å²) in [5.41, 5.74) is 0.830. The molecule has 0 aliphatic rings. The SMILES string of the molecule is CCCCCCCCOC(=O)CCCCCC(C)(C)C.CCCCCCCCOC(=O)CCCCCC(C)(C)C.[Sn]. The minimum atomic E-state index is -0.00526. The van der Waals surface area contributed by atoms with E-state index in [1.54, 1.807) is 0 Å². The van der Waals surface area contributed by atoms with Crippen LogP contribution in [0.4, 0.5) is 0 Å². The van der Waals surface area contributed by atoms with Gasteiger partial charge in [0.15, 0.2) is 0 Å². The molecule has 0 saturated heterocycles. The van der Waals surface area contributed by atoms with Gasteiger partial charge in [-0.1, -0.05) is 145 Å². The summed E-state index contributed by atoms with van der Waals surface area (Å²) in [5.74, 6) is -0.0105. The second kappa shape index (κ2) is 31.2. The number of hydrogen-bond acceptors (Lipinski definition) is 4. The van der Waals surface area contributed by atoms with Gasteiger partial charge < -0.3 is 9.47 Å². The number of unbranched alkanes of at least 4 members (excludes halogenated alkanes) is 14. The van der Waals surface area contributed by atoms with E-state index in [-0.39, 0.29) is 35.8 Å². The number of hydrogen-bond donors (Lipinski definition) is 0. The second-order valence-electron chi connectivity index (χ2n) is 14.2. The molecule has 4 radical (unpaired) electrons. The van der Waals surface area contributed by atoms with Crippen molar-refractivity contribution in [2.75, 3.05) is 13.2 Å². The van der Waals surface area contributed by atoms with Gasteiger partial charge in [0.1, 0.15) is 0 Å². The van der Waals surface area contributed by atoms with E-state index in [2.05, 4.69) is 55.4 Å². The normalized spacial score (nSPS) is 11.3. The third-order valence-electron chi connectivity index (χ3n) is 7.14. The molecule has 0 N–H and O–H groups in total. The molecule has 0 spiro atoms. The number of carbonyl (C=O) groups is 2. The average Bonchev–Trinajstić information content (AvgIpc) is 2.86. The molecule has 244 valence electrons. The van der Waals surface area contributed by atoms with Crippen LogP contribution >= 0.6 is 0 Å². The van der Waals surface area contributed by atoms with Crippen LogP contribution in [0.2, 0.25) is 0 Å². The van der Waals surface area contributed by atoms with Gasteiger partial charge in [-0.05, 0) is 49.4 Å². The van der Waals surface area contributed by atoms with Gasteiger partial charge in [0.25, 0.3) is 0 Å². The number of ether oxygens (including phenoxy) is 2. The van der Waals surface area contributed by atoms with Crippen molar-refractivity contribution in [3.05, 3.63) is 0 Å². The number of rotatable bonds is 24. The van der Waals surface area contributed by atoms with E-state index in [1.165, 1.54) is 89.9 Å². The summed E-state index contributed by atoms with van der Waals surface area (Å²) in [5, 5.41) is 0. The monoisotopic (exact) mass is 688 g/mol. The van der Waals surface area contributed by atoms with Crippen molar-refractivity contribution < 1.29 is 19.1 Å². The zero-order chi connectivity index (χ0) is 30.5. The third-order valence-corrected chi connectivity index (χ3v) is 7.14. The summed E-state index contributed by atoms with van der Waals surface area (Å²) >= 11 is 0. The minimum absolute atomic E-state index is 0. The van der Waals surface area contributed by atoms with Crippen LogP contribution in [0, 0.1) is 10.8 Å². The minimum Gasteiger partial charge on any atom is -0.466 e. The fraction of sp³-hybridized carbons (Fsp3) is 0.944. The first-order chi connectivity index (χ1) is 18.9. The zero-order valence-electron chi connectivity index (χ0n) is 29.1. The predicted molar refractivity (Wildman–Crippen MR) is 180 cm³/mol. The summed E-state index contributed by atoms with van der Waals surface area (Å²) in [6, 6.07) is 0. The molecule has 0 aliphatic carbocycles. The van der Waals surface area contributed by atoms with Gasteiger partial charge in [0.05, 0.1) is 13.2 Å². The first-order valence-electron chi connectivity index (χ1n) is 17.2. The molecule has 0 aromatic rings. The van der Waals surface area contributed by atoms with Crippen LogP contribution in [0.25, 0.3) is 0 Å². The summed E-state index contributed by atoms with van der Waals surface area (Å²) in [4.78, 5) is 23.0. The van der Waals surface area contributed by atoms with Crippen LogP contribution in [-0.4, -0.2) is 49.1 Å². The number of esters is 2. The summed E-state index contributed by atoms with van der Waals surface area (Å²) in [6.45, 7) is 19.3. The molecule has 4 nitrogen and oxygen atoms in total. The molecule has 0 unspecified atom stereocenters. The Hall–Kier alpha value is -0.261. The van der Waals surface area contributed by atoms with Gasteiger partial charge in [-0.3, -0.25) is 9.59 Å². The molecule has 0 atom stereocenters. The van der Waals surface area contributed by atoms with E-state index in [9.17, 15) is 9.59 Å². The predicted octanol–water partition coefficient (Wildman–Crippen LogP) is 11.4. The molecule has 5 heteroatoms. The summed E-state index contributed by atoms with van der Waals surface area (Å²) in [7, 11) is 0. The Kier molecular flexibility index (Phi) is 34.3. The first-order valence-corrected chi connectivity index (χ1v) is 17.2. The molecule has 0 aliphatic heterocycles. The van der Waals surface area contributed by atoms with Crippen molar-refractivity contribution in [2.45, 2.75) is 197 Å². The van der Waals surface area contributed by atoms with Gasteiger partial charge in [0, 0.05) is 36.7 Å². The quantitative estimate of drug-likeness (QED) is 0.0576. The standard InChI is InChI=1S/2C18H36O2.Sn/c2*1-5-6-7-8-9-13-16-20-17(19)14-11-10-12-15-18(2,3)4;/h2*5-16H2,1-4H3;. The van der Waals surface area contributed by atoms with Crippen molar-refractivity contribution in [1.82, 2.24) is 0 Å². The van der Waals surface area contributed by atoms with Gasteiger partial charge >= 0.3 is 11.9 Å². The molecule has 0 bridgehead atoms. The van der Waals surface area contributed by atoms with Crippen LogP contribution in [0.3, 0.4) is 0 Å². The maximum absolute atomic E-state index is 11.5. The molecule has 0 rings (SSSR count). The van der Waals surface area contributed by atoms with Crippen LogP contribution < -0.4 is 0 Å². The summed E-state index contributed by atoms with van der Waals surface area (Å²) < 4.78 is 10.5. The zero-order valence-corrected chi connectivity index (χ0v) is 32.0. The Balaban J connectivity index is -0.000000688. The maximum atomic E-state index is 11.5. The topological polar surface area (TPSA) is 52.6 Å². The van der Waals surface area contributed by atoms with Gasteiger partial charge in [-0.2, -0.15) is 0 Å². The van der Waals surface area contributed by atoms with Crippen LogP contribution in [0.5, 0.6) is 0 Å². The van der Waals surface area contributed by atoms with Crippen LogP contribution in [-0.2, 0) is 19.1 Å². The number of carbonyl (C=O) groups excluding carboxylic acids is 2. The first kappa shape index (κ1) is 45.2.